The molecule has 3 heterocycles. The molecule has 1 aromatic carbocycles. The van der Waals surface area contributed by atoms with Crippen molar-refractivity contribution in [3.63, 3.8) is 0 Å². The van der Waals surface area contributed by atoms with Crippen molar-refractivity contribution in [1.82, 2.24) is 20.2 Å². The third kappa shape index (κ3) is 7.84. The van der Waals surface area contributed by atoms with E-state index in [1.807, 2.05) is 18.7 Å². The third-order valence-corrected chi connectivity index (χ3v) is 8.70. The van der Waals surface area contributed by atoms with Crippen molar-refractivity contribution in [3.8, 4) is 0 Å². The van der Waals surface area contributed by atoms with E-state index >= 15 is 13.2 Å². The first kappa shape index (κ1) is 33.6. The Morgan fingerprint density at radius 2 is 1.77 bits per heavy atom. The van der Waals surface area contributed by atoms with Crippen LogP contribution in [0.5, 0.6) is 0 Å². The Kier molecular flexibility index (Phi) is 11.5. The molecule has 4 rings (SSSR count). The number of nitrogens with zero attached hydrogens (tertiary/aromatic N) is 4. The van der Waals surface area contributed by atoms with E-state index in [0.29, 0.717) is 43.0 Å². The molecule has 2 aromatic rings. The van der Waals surface area contributed by atoms with Gasteiger partial charge in [-0.15, -0.1) is 0 Å². The summed E-state index contributed by atoms with van der Waals surface area (Å²) in [6, 6.07) is 4.27. The van der Waals surface area contributed by atoms with Gasteiger partial charge in [0.15, 0.2) is 0 Å². The van der Waals surface area contributed by atoms with Crippen LogP contribution in [0.2, 0.25) is 0 Å². The van der Waals surface area contributed by atoms with Crippen LogP contribution in [0.3, 0.4) is 0 Å². The van der Waals surface area contributed by atoms with E-state index in [4.69, 9.17) is 9.97 Å². The van der Waals surface area contributed by atoms with Crippen LogP contribution in [0, 0.1) is 18.7 Å². The molecule has 0 radical (unpaired) electrons. The molecule has 2 aliphatic rings. The number of aromatic nitrogens is 2. The maximum Gasteiger partial charge on any atom is 0.277 e. The largest absolute Gasteiger partial charge is 0.387 e. The number of hydrogen-bond donors (Lipinski definition) is 2. The van der Waals surface area contributed by atoms with E-state index in [9.17, 15) is 0 Å². The van der Waals surface area contributed by atoms with Crippen LogP contribution in [0.1, 0.15) is 88.2 Å². The minimum absolute atomic E-state index is 0.00542. The molecular formula is C35H49F3N6. The zero-order chi connectivity index (χ0) is 31.9. The van der Waals surface area contributed by atoms with Crippen molar-refractivity contribution in [3.05, 3.63) is 76.7 Å². The molecule has 0 spiro atoms. The molecule has 6 bridgehead atoms. The molecule has 240 valence electrons. The summed E-state index contributed by atoms with van der Waals surface area (Å²) in [4.78, 5) is 13.7. The number of aryl methyl sites for hydroxylation is 1. The van der Waals surface area contributed by atoms with Crippen LogP contribution in [-0.4, -0.2) is 47.6 Å². The van der Waals surface area contributed by atoms with Crippen LogP contribution in [0.4, 0.5) is 24.8 Å². The van der Waals surface area contributed by atoms with E-state index in [-0.39, 0.29) is 18.7 Å². The molecule has 2 aliphatic heterocycles. The molecule has 6 nitrogen and oxygen atoms in total. The standard InChI is InChI=1S/C35H49F3N6/c1-7-13-27(14-8-2)29-21-30-33-40-22-28-15-12-16-31(32(28)36)35(37,38)17-20-43(9-3)19-11-10-18-39-24(4)23-44(25(29)5)34(30)42-26(6)41-33/h12,15-16,21,27,39H,4-5,7-11,13-14,17-20,22-23H2,1-3,6H3,(H,40,41,42). The van der Waals surface area contributed by atoms with Crippen molar-refractivity contribution in [2.45, 2.75) is 85.1 Å². The molecule has 0 saturated heterocycles. The molecular weight excluding hydrogens is 561 g/mol. The quantitative estimate of drug-likeness (QED) is 0.344. The van der Waals surface area contributed by atoms with Gasteiger partial charge in [-0.2, -0.15) is 0 Å². The highest BCUT2D eigenvalue weighted by Gasteiger charge is 2.36. The van der Waals surface area contributed by atoms with Gasteiger partial charge >= 0.3 is 0 Å². The minimum atomic E-state index is -3.29. The summed E-state index contributed by atoms with van der Waals surface area (Å²) in [5.74, 6) is -2.06. The molecule has 1 aromatic heterocycles. The van der Waals surface area contributed by atoms with Gasteiger partial charge in [0.2, 0.25) is 0 Å². The Labute approximate surface area is 261 Å². The molecule has 0 saturated carbocycles. The summed E-state index contributed by atoms with van der Waals surface area (Å²) < 4.78 is 46.5. The predicted molar refractivity (Wildman–Crippen MR) is 175 cm³/mol. The first-order valence-corrected chi connectivity index (χ1v) is 16.2. The number of anilines is 2. The Bertz CT molecular complexity index is 1350. The molecule has 0 amide bonds. The summed E-state index contributed by atoms with van der Waals surface area (Å²) in [6.07, 6.45) is 7.54. The lowest BCUT2D eigenvalue weighted by atomic mass is 9.85. The highest BCUT2D eigenvalue weighted by atomic mass is 19.3. The summed E-state index contributed by atoms with van der Waals surface area (Å²) in [6.45, 7) is 19.8. The van der Waals surface area contributed by atoms with Gasteiger partial charge in [-0.3, -0.25) is 0 Å². The highest BCUT2D eigenvalue weighted by molar-refractivity contribution is 5.83. The molecule has 2 N–H and O–H groups in total. The molecule has 0 fully saturated rings. The van der Waals surface area contributed by atoms with Gasteiger partial charge in [0, 0.05) is 43.0 Å². The van der Waals surface area contributed by atoms with Crippen LogP contribution in [0.25, 0.3) is 6.08 Å². The number of hydrogen-bond acceptors (Lipinski definition) is 6. The molecule has 9 heteroatoms. The van der Waals surface area contributed by atoms with Crippen molar-refractivity contribution >= 4 is 17.7 Å². The van der Waals surface area contributed by atoms with Crippen LogP contribution in [0.15, 0.2) is 48.3 Å². The van der Waals surface area contributed by atoms with Gasteiger partial charge in [0.25, 0.3) is 5.92 Å². The van der Waals surface area contributed by atoms with Crippen molar-refractivity contribution < 1.29 is 13.2 Å². The number of alkyl halides is 2. The van der Waals surface area contributed by atoms with Gasteiger partial charge < -0.3 is 20.4 Å². The summed E-state index contributed by atoms with van der Waals surface area (Å²) >= 11 is 0. The minimum Gasteiger partial charge on any atom is -0.387 e. The normalized spacial score (nSPS) is 18.5. The molecule has 0 atom stereocenters. The van der Waals surface area contributed by atoms with Crippen LogP contribution < -0.4 is 15.5 Å². The molecule has 0 unspecified atom stereocenters. The lowest BCUT2D eigenvalue weighted by Crippen LogP contribution is -2.35. The number of halogens is 3. The van der Waals surface area contributed by atoms with Gasteiger partial charge in [0.1, 0.15) is 23.3 Å². The Morgan fingerprint density at radius 3 is 2.48 bits per heavy atom. The average Bonchev–Trinajstić information content (AvgIpc) is 2.98. The number of nitrogens with one attached hydrogen (secondary N) is 2. The van der Waals surface area contributed by atoms with E-state index < -0.39 is 23.7 Å². The zero-order valence-corrected chi connectivity index (χ0v) is 26.9. The number of benzene rings is 1. The zero-order valence-electron chi connectivity index (χ0n) is 26.9. The number of rotatable bonds is 6. The Morgan fingerprint density at radius 1 is 1.02 bits per heavy atom. The third-order valence-electron chi connectivity index (χ3n) is 8.70. The predicted octanol–water partition coefficient (Wildman–Crippen LogP) is 8.17. The van der Waals surface area contributed by atoms with E-state index in [1.54, 1.807) is 6.07 Å². The van der Waals surface area contributed by atoms with E-state index in [2.05, 4.69) is 48.6 Å². The smallest absolute Gasteiger partial charge is 0.277 e. The Hall–Kier alpha value is -3.33. The van der Waals surface area contributed by atoms with Crippen molar-refractivity contribution in [1.29, 1.82) is 0 Å². The van der Waals surface area contributed by atoms with E-state index in [0.717, 1.165) is 67.6 Å². The SMILES string of the molecule is C=C1CN2C(=C)C(C(CCC)CCC)=Cc3c(nc(C)nc32)NCc2cccc(c2F)C(F)(F)CCN(CC)CCCCN1. The lowest BCUT2D eigenvalue weighted by molar-refractivity contribution is -0.0249. The second-order valence-corrected chi connectivity index (χ2v) is 12.0. The van der Waals surface area contributed by atoms with Gasteiger partial charge in [-0.25, -0.2) is 23.1 Å². The summed E-state index contributed by atoms with van der Waals surface area (Å²) in [5, 5.41) is 6.75. The second kappa shape index (κ2) is 15.1. The first-order chi connectivity index (χ1) is 21.1. The first-order valence-electron chi connectivity index (χ1n) is 16.2. The van der Waals surface area contributed by atoms with Crippen molar-refractivity contribution in [2.24, 2.45) is 5.92 Å². The fraction of sp³-hybridized carbons (Fsp3) is 0.543. The van der Waals surface area contributed by atoms with E-state index in [1.165, 1.54) is 12.1 Å². The lowest BCUT2D eigenvalue weighted by Gasteiger charge is -2.36. The number of allylic oxidation sites excluding steroid dienone is 1. The van der Waals surface area contributed by atoms with Gasteiger partial charge in [-0.1, -0.05) is 65.0 Å². The van der Waals surface area contributed by atoms with Gasteiger partial charge in [0.05, 0.1) is 17.7 Å². The fourth-order valence-electron chi connectivity index (χ4n) is 6.25. The van der Waals surface area contributed by atoms with Crippen LogP contribution in [-0.2, 0) is 12.5 Å². The monoisotopic (exact) mass is 610 g/mol. The average molecular weight is 611 g/mol. The topological polar surface area (TPSA) is 56.3 Å². The second-order valence-electron chi connectivity index (χ2n) is 12.0. The maximum atomic E-state index is 15.7. The summed E-state index contributed by atoms with van der Waals surface area (Å²) in [7, 11) is 0. The molecule has 0 aliphatic carbocycles. The van der Waals surface area contributed by atoms with Crippen LogP contribution >= 0.6 is 0 Å². The summed E-state index contributed by atoms with van der Waals surface area (Å²) in [5.41, 5.74) is 3.29. The van der Waals surface area contributed by atoms with Crippen molar-refractivity contribution in [2.75, 3.05) is 42.9 Å². The molecule has 44 heavy (non-hydrogen) atoms. The highest BCUT2D eigenvalue weighted by Crippen LogP contribution is 2.42. The number of fused-ring (bicyclic) bond motifs is 2. The Balaban J connectivity index is 1.79. The van der Waals surface area contributed by atoms with Gasteiger partial charge in [-0.05, 0) is 63.3 Å². The maximum absolute atomic E-state index is 15.7. The fourth-order valence-corrected chi connectivity index (χ4v) is 6.25.